The Labute approximate surface area is 94.6 Å². The average Bonchev–Trinajstić information content (AvgIpc) is 2.01. The fraction of sp³-hybridized carbons (Fsp3) is 0.778. The molecule has 0 rings (SSSR count). The van der Waals surface area contributed by atoms with E-state index in [-0.39, 0.29) is 17.2 Å². The van der Waals surface area contributed by atoms with E-state index in [2.05, 4.69) is 0 Å². The standard InChI is InChI=1S/C9H15Cl2NO2/c1-9(2,3)14-12(5-4-10)6-8(11)7-13/h4-6H2,1-3H3. The first-order valence-corrected chi connectivity index (χ1v) is 5.20. The zero-order chi connectivity index (χ0) is 11.2. The largest absolute Gasteiger partial charge is 0.293 e. The van der Waals surface area contributed by atoms with Gasteiger partial charge in [0.15, 0.2) is 0 Å². The maximum atomic E-state index is 10.2. The van der Waals surface area contributed by atoms with E-state index in [4.69, 9.17) is 28.0 Å². The van der Waals surface area contributed by atoms with E-state index in [1.807, 2.05) is 20.8 Å². The topological polar surface area (TPSA) is 29.5 Å². The highest BCUT2D eigenvalue weighted by Crippen LogP contribution is 2.12. The molecule has 82 valence electrons. The lowest BCUT2D eigenvalue weighted by Gasteiger charge is -2.28. The molecule has 0 aliphatic rings. The molecule has 0 saturated carbocycles. The number of hydroxylamine groups is 2. The number of halogens is 2. The van der Waals surface area contributed by atoms with Crippen LogP contribution in [0.1, 0.15) is 20.8 Å². The Morgan fingerprint density at radius 3 is 2.43 bits per heavy atom. The Hall–Kier alpha value is -0.0500. The molecule has 0 atom stereocenters. The van der Waals surface area contributed by atoms with Gasteiger partial charge in [-0.25, -0.2) is 4.79 Å². The lowest BCUT2D eigenvalue weighted by molar-refractivity contribution is -0.220. The van der Waals surface area contributed by atoms with Crippen molar-refractivity contribution < 1.29 is 9.63 Å². The number of hydrogen-bond acceptors (Lipinski definition) is 3. The molecule has 0 amide bonds. The fourth-order valence-corrected chi connectivity index (χ4v) is 1.15. The van der Waals surface area contributed by atoms with Gasteiger partial charge in [-0.15, -0.1) is 11.6 Å². The molecule has 0 bridgehead atoms. The van der Waals surface area contributed by atoms with E-state index >= 15 is 0 Å². The van der Waals surface area contributed by atoms with Crippen LogP contribution in [0.5, 0.6) is 0 Å². The number of rotatable bonds is 5. The molecule has 0 aromatic carbocycles. The first kappa shape index (κ1) is 13.9. The molecular formula is C9H15Cl2NO2. The molecule has 0 unspecified atom stereocenters. The first-order valence-electron chi connectivity index (χ1n) is 4.28. The van der Waals surface area contributed by atoms with Crippen LogP contribution in [0.25, 0.3) is 0 Å². The van der Waals surface area contributed by atoms with Crippen molar-refractivity contribution in [2.75, 3.05) is 19.0 Å². The van der Waals surface area contributed by atoms with Crippen LogP contribution in [0, 0.1) is 0 Å². The highest BCUT2D eigenvalue weighted by atomic mass is 35.5. The van der Waals surface area contributed by atoms with Gasteiger partial charge in [-0.2, -0.15) is 5.06 Å². The van der Waals surface area contributed by atoms with Crippen LogP contribution in [0.2, 0.25) is 0 Å². The van der Waals surface area contributed by atoms with Gasteiger partial charge < -0.3 is 0 Å². The molecule has 0 heterocycles. The minimum atomic E-state index is -0.327. The van der Waals surface area contributed by atoms with Gasteiger partial charge in [0, 0.05) is 12.4 Å². The summed E-state index contributed by atoms with van der Waals surface area (Å²) in [4.78, 5) is 15.7. The summed E-state index contributed by atoms with van der Waals surface area (Å²) in [7, 11) is 0. The molecule has 0 spiro atoms. The summed E-state index contributed by atoms with van der Waals surface area (Å²) < 4.78 is 0. The second kappa shape index (κ2) is 6.44. The van der Waals surface area contributed by atoms with Gasteiger partial charge in [0.2, 0.25) is 0 Å². The van der Waals surface area contributed by atoms with Crippen LogP contribution in [0.15, 0.2) is 5.03 Å². The summed E-state index contributed by atoms with van der Waals surface area (Å²) >= 11 is 11.1. The number of carbonyl (C=O) groups excluding carboxylic acids is 1. The Bertz CT molecular complexity index is 219. The lowest BCUT2D eigenvalue weighted by Crippen LogP contribution is -2.36. The van der Waals surface area contributed by atoms with Gasteiger partial charge in [0.05, 0.1) is 12.1 Å². The minimum absolute atomic E-state index is 0.0827. The predicted molar refractivity (Wildman–Crippen MR) is 58.2 cm³/mol. The van der Waals surface area contributed by atoms with E-state index in [0.717, 1.165) is 0 Å². The van der Waals surface area contributed by atoms with Crippen molar-refractivity contribution >= 4 is 29.1 Å². The average molecular weight is 240 g/mol. The minimum Gasteiger partial charge on any atom is -0.293 e. The third-order valence-corrected chi connectivity index (χ3v) is 1.53. The van der Waals surface area contributed by atoms with Crippen LogP contribution in [0.4, 0.5) is 0 Å². The molecular weight excluding hydrogens is 225 g/mol. The normalized spacial score (nSPS) is 11.6. The molecule has 0 radical (unpaired) electrons. The summed E-state index contributed by atoms with van der Waals surface area (Å²) in [6.07, 6.45) is 0. The highest BCUT2D eigenvalue weighted by Gasteiger charge is 2.17. The van der Waals surface area contributed by atoms with Crippen LogP contribution < -0.4 is 0 Å². The number of hydrogen-bond donors (Lipinski definition) is 0. The summed E-state index contributed by atoms with van der Waals surface area (Å²) in [5.41, 5.74) is -0.327. The first-order chi connectivity index (χ1) is 6.39. The van der Waals surface area contributed by atoms with E-state index in [9.17, 15) is 4.79 Å². The molecule has 14 heavy (non-hydrogen) atoms. The van der Waals surface area contributed by atoms with Gasteiger partial charge in [-0.1, -0.05) is 11.6 Å². The second-order valence-electron chi connectivity index (χ2n) is 3.76. The monoisotopic (exact) mass is 239 g/mol. The third kappa shape index (κ3) is 7.36. The Morgan fingerprint density at radius 2 is 2.07 bits per heavy atom. The van der Waals surface area contributed by atoms with Crippen LogP contribution >= 0.6 is 23.2 Å². The van der Waals surface area contributed by atoms with Crippen LogP contribution in [-0.4, -0.2) is 35.6 Å². The van der Waals surface area contributed by atoms with E-state index < -0.39 is 0 Å². The summed E-state index contributed by atoms with van der Waals surface area (Å²) in [5, 5.41) is 1.64. The predicted octanol–water partition coefficient (Wildman–Crippen LogP) is 2.21. The molecule has 0 N–H and O–H groups in total. The van der Waals surface area contributed by atoms with Crippen molar-refractivity contribution in [3.05, 3.63) is 5.03 Å². The fourth-order valence-electron chi connectivity index (χ4n) is 0.826. The van der Waals surface area contributed by atoms with Crippen molar-refractivity contribution in [2.45, 2.75) is 26.4 Å². The van der Waals surface area contributed by atoms with Gasteiger partial charge in [0.25, 0.3) is 0 Å². The molecule has 3 nitrogen and oxygen atoms in total. The van der Waals surface area contributed by atoms with Gasteiger partial charge in [-0.05, 0) is 20.8 Å². The zero-order valence-corrected chi connectivity index (χ0v) is 10.2. The number of nitrogens with zero attached hydrogens (tertiary/aromatic N) is 1. The van der Waals surface area contributed by atoms with E-state index in [1.165, 1.54) is 0 Å². The molecule has 0 fully saturated rings. The Kier molecular flexibility index (Phi) is 6.41. The molecule has 5 heteroatoms. The van der Waals surface area contributed by atoms with Crippen molar-refractivity contribution in [1.82, 2.24) is 5.06 Å². The molecule has 0 aliphatic heterocycles. The smallest absolute Gasteiger partial charge is 0.141 e. The van der Waals surface area contributed by atoms with Crippen molar-refractivity contribution in [1.29, 1.82) is 0 Å². The third-order valence-electron chi connectivity index (χ3n) is 1.16. The quantitative estimate of drug-likeness (QED) is 0.419. The Balaban J connectivity index is 4.22. The van der Waals surface area contributed by atoms with Crippen molar-refractivity contribution in [2.24, 2.45) is 0 Å². The van der Waals surface area contributed by atoms with Gasteiger partial charge >= 0.3 is 0 Å². The zero-order valence-electron chi connectivity index (χ0n) is 8.64. The molecule has 0 aromatic heterocycles. The molecule has 0 saturated heterocycles. The van der Waals surface area contributed by atoms with Gasteiger partial charge in [-0.3, -0.25) is 4.84 Å². The van der Waals surface area contributed by atoms with E-state index in [1.54, 1.807) is 11.0 Å². The summed E-state index contributed by atoms with van der Waals surface area (Å²) in [6, 6.07) is 0. The molecule has 0 aromatic rings. The van der Waals surface area contributed by atoms with E-state index in [0.29, 0.717) is 12.4 Å². The maximum Gasteiger partial charge on any atom is 0.141 e. The molecule has 0 aliphatic carbocycles. The second-order valence-corrected chi connectivity index (χ2v) is 4.60. The summed E-state index contributed by atoms with van der Waals surface area (Å²) in [5.74, 6) is 2.02. The highest BCUT2D eigenvalue weighted by molar-refractivity contribution is 6.33. The van der Waals surface area contributed by atoms with Gasteiger partial charge in [0.1, 0.15) is 11.0 Å². The Morgan fingerprint density at radius 1 is 1.50 bits per heavy atom. The maximum absolute atomic E-state index is 10.2. The van der Waals surface area contributed by atoms with Crippen molar-refractivity contribution in [3.63, 3.8) is 0 Å². The summed E-state index contributed by atoms with van der Waals surface area (Å²) in [6.45, 7) is 6.46. The lowest BCUT2D eigenvalue weighted by atomic mass is 10.2. The van der Waals surface area contributed by atoms with Crippen LogP contribution in [0.3, 0.4) is 0 Å². The van der Waals surface area contributed by atoms with Crippen molar-refractivity contribution in [3.8, 4) is 0 Å². The van der Waals surface area contributed by atoms with Crippen LogP contribution in [-0.2, 0) is 9.63 Å². The SMILES string of the molecule is CC(C)(C)ON(CCCl)CC(Cl)=C=O. The number of alkyl halides is 1.